The lowest BCUT2D eigenvalue weighted by Crippen LogP contribution is -2.08. The SMILES string of the molecule is COC(=O)C1=Cc2sc(Cn3ccnc3)cc2CC1. The molecule has 2 heterocycles. The Morgan fingerprint density at radius 2 is 2.42 bits per heavy atom. The molecule has 3 rings (SSSR count). The third-order valence-corrected chi connectivity index (χ3v) is 4.32. The van der Waals surface area contributed by atoms with Gasteiger partial charge in [-0.25, -0.2) is 9.78 Å². The minimum atomic E-state index is -0.213. The average Bonchev–Trinajstić information content (AvgIpc) is 3.05. The predicted molar refractivity (Wildman–Crippen MR) is 74.0 cm³/mol. The Morgan fingerprint density at radius 3 is 3.16 bits per heavy atom. The molecular formula is C14H14N2O2S. The minimum absolute atomic E-state index is 0.213. The molecule has 4 nitrogen and oxygen atoms in total. The van der Waals surface area contributed by atoms with Gasteiger partial charge in [-0.15, -0.1) is 11.3 Å². The van der Waals surface area contributed by atoms with E-state index < -0.39 is 0 Å². The molecule has 98 valence electrons. The second-order valence-electron chi connectivity index (χ2n) is 4.50. The van der Waals surface area contributed by atoms with Crippen LogP contribution in [0.4, 0.5) is 0 Å². The molecular weight excluding hydrogens is 260 g/mol. The summed E-state index contributed by atoms with van der Waals surface area (Å²) in [6.07, 6.45) is 9.19. The number of fused-ring (bicyclic) bond motifs is 1. The lowest BCUT2D eigenvalue weighted by atomic mass is 9.98. The topological polar surface area (TPSA) is 44.1 Å². The molecule has 0 unspecified atom stereocenters. The maximum absolute atomic E-state index is 11.5. The second-order valence-corrected chi connectivity index (χ2v) is 5.67. The van der Waals surface area contributed by atoms with E-state index in [1.807, 2.05) is 23.2 Å². The van der Waals surface area contributed by atoms with Gasteiger partial charge in [0.15, 0.2) is 0 Å². The number of aryl methyl sites for hydroxylation is 1. The van der Waals surface area contributed by atoms with E-state index in [1.165, 1.54) is 22.4 Å². The third kappa shape index (κ3) is 2.46. The monoisotopic (exact) mass is 274 g/mol. The van der Waals surface area contributed by atoms with Crippen LogP contribution in [0.5, 0.6) is 0 Å². The molecule has 0 amide bonds. The summed E-state index contributed by atoms with van der Waals surface area (Å²) in [6.45, 7) is 0.832. The number of methoxy groups -OCH3 is 1. The van der Waals surface area contributed by atoms with Crippen molar-refractivity contribution >= 4 is 23.4 Å². The molecule has 0 radical (unpaired) electrons. The van der Waals surface area contributed by atoms with Crippen molar-refractivity contribution in [2.75, 3.05) is 7.11 Å². The Morgan fingerprint density at radius 1 is 1.53 bits per heavy atom. The van der Waals surface area contributed by atoms with E-state index in [0.29, 0.717) is 0 Å². The highest BCUT2D eigenvalue weighted by Gasteiger charge is 2.18. The quantitative estimate of drug-likeness (QED) is 0.808. The van der Waals surface area contributed by atoms with Crippen molar-refractivity contribution in [1.29, 1.82) is 0 Å². The van der Waals surface area contributed by atoms with Crippen LogP contribution in [-0.4, -0.2) is 22.6 Å². The van der Waals surface area contributed by atoms with Crippen LogP contribution in [0.2, 0.25) is 0 Å². The number of esters is 1. The summed E-state index contributed by atoms with van der Waals surface area (Å²) in [5.41, 5.74) is 2.10. The molecule has 1 aliphatic rings. The smallest absolute Gasteiger partial charge is 0.333 e. The van der Waals surface area contributed by atoms with Crippen molar-refractivity contribution < 1.29 is 9.53 Å². The zero-order valence-electron chi connectivity index (χ0n) is 10.6. The maximum atomic E-state index is 11.5. The minimum Gasteiger partial charge on any atom is -0.466 e. The number of carbonyl (C=O) groups is 1. The summed E-state index contributed by atoms with van der Waals surface area (Å²) < 4.78 is 6.83. The molecule has 0 spiro atoms. The highest BCUT2D eigenvalue weighted by Crippen LogP contribution is 2.32. The number of rotatable bonds is 3. The highest BCUT2D eigenvalue weighted by atomic mass is 32.1. The Labute approximate surface area is 115 Å². The molecule has 5 heteroatoms. The maximum Gasteiger partial charge on any atom is 0.333 e. The Balaban J connectivity index is 1.84. The van der Waals surface area contributed by atoms with Gasteiger partial charge in [-0.05, 0) is 30.5 Å². The van der Waals surface area contributed by atoms with Crippen molar-refractivity contribution in [3.05, 3.63) is 45.7 Å². The Hall–Kier alpha value is -1.88. The number of aromatic nitrogens is 2. The lowest BCUT2D eigenvalue weighted by molar-refractivity contribution is -0.136. The van der Waals surface area contributed by atoms with Crippen LogP contribution in [0, 0.1) is 0 Å². The predicted octanol–water partition coefficient (Wildman–Crippen LogP) is 2.50. The van der Waals surface area contributed by atoms with E-state index in [1.54, 1.807) is 17.5 Å². The van der Waals surface area contributed by atoms with Crippen LogP contribution in [0.25, 0.3) is 6.08 Å². The van der Waals surface area contributed by atoms with Gasteiger partial charge >= 0.3 is 5.97 Å². The molecule has 0 N–H and O–H groups in total. The molecule has 0 fully saturated rings. The van der Waals surface area contributed by atoms with E-state index >= 15 is 0 Å². The standard InChI is InChI=1S/C14H14N2O2S/c1-18-14(17)11-3-2-10-6-12(19-13(10)7-11)8-16-5-4-15-9-16/h4-7,9H,2-3,8H2,1H3. The number of hydrogen-bond acceptors (Lipinski definition) is 4. The molecule has 0 saturated heterocycles. The second kappa shape index (κ2) is 5.01. The fourth-order valence-electron chi connectivity index (χ4n) is 2.25. The normalized spacial score (nSPS) is 13.8. The van der Waals surface area contributed by atoms with E-state index in [2.05, 4.69) is 11.1 Å². The fraction of sp³-hybridized carbons (Fsp3) is 0.286. The highest BCUT2D eigenvalue weighted by molar-refractivity contribution is 7.13. The van der Waals surface area contributed by atoms with E-state index in [0.717, 1.165) is 25.0 Å². The largest absolute Gasteiger partial charge is 0.466 e. The van der Waals surface area contributed by atoms with E-state index in [4.69, 9.17) is 4.74 Å². The van der Waals surface area contributed by atoms with Gasteiger partial charge in [0.05, 0.1) is 20.0 Å². The Kier molecular flexibility index (Phi) is 3.21. The Bertz CT molecular complexity index is 626. The number of imidazole rings is 1. The van der Waals surface area contributed by atoms with Crippen LogP contribution in [-0.2, 0) is 22.5 Å². The summed E-state index contributed by atoms with van der Waals surface area (Å²) in [4.78, 5) is 18.0. The first-order chi connectivity index (χ1) is 9.26. The first-order valence-electron chi connectivity index (χ1n) is 6.12. The van der Waals surface area contributed by atoms with E-state index in [-0.39, 0.29) is 5.97 Å². The summed E-state index contributed by atoms with van der Waals surface area (Å²) in [7, 11) is 1.43. The van der Waals surface area contributed by atoms with Gasteiger partial charge in [0.25, 0.3) is 0 Å². The molecule has 19 heavy (non-hydrogen) atoms. The zero-order chi connectivity index (χ0) is 13.2. The van der Waals surface area contributed by atoms with Gasteiger partial charge in [0, 0.05) is 27.7 Å². The number of hydrogen-bond donors (Lipinski definition) is 0. The van der Waals surface area contributed by atoms with Gasteiger partial charge in [0.1, 0.15) is 0 Å². The van der Waals surface area contributed by atoms with Crippen molar-refractivity contribution in [3.63, 3.8) is 0 Å². The molecule has 1 aliphatic carbocycles. The zero-order valence-corrected chi connectivity index (χ0v) is 11.4. The van der Waals surface area contributed by atoms with Crippen LogP contribution in [0.3, 0.4) is 0 Å². The summed E-state index contributed by atoms with van der Waals surface area (Å²) in [5.74, 6) is -0.213. The molecule has 0 aliphatic heterocycles. The van der Waals surface area contributed by atoms with Crippen LogP contribution >= 0.6 is 11.3 Å². The van der Waals surface area contributed by atoms with Crippen LogP contribution in [0.1, 0.15) is 21.7 Å². The van der Waals surface area contributed by atoms with Crippen molar-refractivity contribution in [2.45, 2.75) is 19.4 Å². The number of thiophene rings is 1. The summed E-state index contributed by atoms with van der Waals surface area (Å²) in [6, 6.07) is 2.23. The molecule has 0 atom stereocenters. The number of ether oxygens (including phenoxy) is 1. The third-order valence-electron chi connectivity index (χ3n) is 3.21. The van der Waals surface area contributed by atoms with Gasteiger partial charge in [0.2, 0.25) is 0 Å². The molecule has 0 saturated carbocycles. The van der Waals surface area contributed by atoms with Crippen molar-refractivity contribution in [1.82, 2.24) is 9.55 Å². The van der Waals surface area contributed by atoms with E-state index in [9.17, 15) is 4.79 Å². The van der Waals surface area contributed by atoms with Gasteiger partial charge < -0.3 is 9.30 Å². The average molecular weight is 274 g/mol. The van der Waals surface area contributed by atoms with Gasteiger partial charge in [-0.2, -0.15) is 0 Å². The number of carbonyl (C=O) groups excluding carboxylic acids is 1. The first kappa shape index (κ1) is 12.2. The van der Waals surface area contributed by atoms with Crippen LogP contribution < -0.4 is 0 Å². The lowest BCUT2D eigenvalue weighted by Gasteiger charge is -2.10. The number of nitrogens with zero attached hydrogens (tertiary/aromatic N) is 2. The first-order valence-corrected chi connectivity index (χ1v) is 6.94. The summed E-state index contributed by atoms with van der Waals surface area (Å²) >= 11 is 1.73. The van der Waals surface area contributed by atoms with Crippen molar-refractivity contribution in [3.8, 4) is 0 Å². The van der Waals surface area contributed by atoms with Crippen molar-refractivity contribution in [2.24, 2.45) is 0 Å². The fourth-order valence-corrected chi connectivity index (χ4v) is 3.44. The molecule has 2 aromatic heterocycles. The van der Waals surface area contributed by atoms with Crippen LogP contribution in [0.15, 0.2) is 30.4 Å². The van der Waals surface area contributed by atoms with Gasteiger partial charge in [-0.3, -0.25) is 0 Å². The molecule has 2 aromatic rings. The molecule has 0 aromatic carbocycles. The summed E-state index contributed by atoms with van der Waals surface area (Å²) in [5, 5.41) is 0. The van der Waals surface area contributed by atoms with Gasteiger partial charge in [-0.1, -0.05) is 0 Å². The molecule has 0 bridgehead atoms.